The van der Waals surface area contributed by atoms with Gasteiger partial charge in [0.15, 0.2) is 6.23 Å². The second-order valence-electron chi connectivity index (χ2n) is 2.97. The highest BCUT2D eigenvalue weighted by Crippen LogP contribution is 2.09. The number of esters is 1. The lowest BCUT2D eigenvalue weighted by atomic mass is 10.3. The lowest BCUT2D eigenvalue weighted by Gasteiger charge is -2.31. The van der Waals surface area contributed by atoms with Gasteiger partial charge in [0.2, 0.25) is 0 Å². The zero-order valence-electron chi connectivity index (χ0n) is 8.15. The predicted molar refractivity (Wildman–Crippen MR) is 52.4 cm³/mol. The van der Waals surface area contributed by atoms with Crippen LogP contribution >= 0.6 is 0 Å². The van der Waals surface area contributed by atoms with Crippen LogP contribution in [0.4, 0.5) is 0 Å². The molecule has 1 atom stereocenters. The van der Waals surface area contributed by atoms with Gasteiger partial charge in [0.05, 0.1) is 0 Å². The molecule has 0 aromatic rings. The number of rotatable bonds is 4. The maximum Gasteiger partial charge on any atom is 0.331 e. The van der Waals surface area contributed by atoms with Gasteiger partial charge in [-0.1, -0.05) is 13.2 Å². The Kier molecular flexibility index (Phi) is 4.35. The zero-order valence-corrected chi connectivity index (χ0v) is 8.15. The Balaban J connectivity index is 2.46. The van der Waals surface area contributed by atoms with Gasteiger partial charge in [0, 0.05) is 19.2 Å². The zero-order chi connectivity index (χ0) is 10.4. The van der Waals surface area contributed by atoms with Crippen LogP contribution in [-0.2, 0) is 14.3 Å². The molecule has 0 aromatic carbocycles. The summed E-state index contributed by atoms with van der Waals surface area (Å²) in [5, 5.41) is 0. The van der Waals surface area contributed by atoms with Crippen molar-refractivity contribution in [2.24, 2.45) is 0 Å². The van der Waals surface area contributed by atoms with Crippen molar-refractivity contribution in [3.05, 3.63) is 25.3 Å². The second-order valence-corrected chi connectivity index (χ2v) is 2.97. The molecule has 14 heavy (non-hydrogen) atoms. The van der Waals surface area contributed by atoms with Gasteiger partial charge >= 0.3 is 5.97 Å². The van der Waals surface area contributed by atoms with E-state index in [9.17, 15) is 4.79 Å². The summed E-state index contributed by atoms with van der Waals surface area (Å²) in [6, 6.07) is 0. The van der Waals surface area contributed by atoms with Crippen LogP contribution in [0.15, 0.2) is 25.3 Å². The Hall–Kier alpha value is -1.13. The predicted octanol–water partition coefficient (Wildman–Crippen LogP) is 0.907. The first-order valence-corrected chi connectivity index (χ1v) is 4.55. The highest BCUT2D eigenvalue weighted by atomic mass is 16.6. The van der Waals surface area contributed by atoms with Crippen molar-refractivity contribution in [3.63, 3.8) is 0 Å². The van der Waals surface area contributed by atoms with Crippen LogP contribution in [0.3, 0.4) is 0 Å². The molecule has 0 N–H and O–H groups in total. The monoisotopic (exact) mass is 197 g/mol. The van der Waals surface area contributed by atoms with Gasteiger partial charge in [0.25, 0.3) is 0 Å². The average molecular weight is 197 g/mol. The maximum atomic E-state index is 11.0. The highest BCUT2D eigenvalue weighted by Gasteiger charge is 2.20. The van der Waals surface area contributed by atoms with Crippen LogP contribution in [0.5, 0.6) is 0 Å². The van der Waals surface area contributed by atoms with Crippen molar-refractivity contribution in [2.75, 3.05) is 19.9 Å². The van der Waals surface area contributed by atoms with Crippen molar-refractivity contribution in [1.29, 1.82) is 0 Å². The average Bonchev–Trinajstić information content (AvgIpc) is 2.26. The van der Waals surface area contributed by atoms with E-state index >= 15 is 0 Å². The number of hydrogen-bond acceptors (Lipinski definition) is 4. The van der Waals surface area contributed by atoms with Gasteiger partial charge in [-0.2, -0.15) is 0 Å². The lowest BCUT2D eigenvalue weighted by molar-refractivity contribution is -0.157. The van der Waals surface area contributed by atoms with E-state index < -0.39 is 12.2 Å². The number of hydrogen-bond donors (Lipinski definition) is 0. The van der Waals surface area contributed by atoms with Crippen molar-refractivity contribution < 1.29 is 14.3 Å². The number of carbonyl (C=O) groups is 1. The molecule has 1 aliphatic heterocycles. The van der Waals surface area contributed by atoms with Crippen LogP contribution < -0.4 is 0 Å². The Morgan fingerprint density at radius 3 is 2.86 bits per heavy atom. The first-order valence-electron chi connectivity index (χ1n) is 4.55. The summed E-state index contributed by atoms with van der Waals surface area (Å²) in [6.45, 7) is 9.03. The Labute approximate surface area is 83.8 Å². The molecule has 0 radical (unpaired) electrons. The molecule has 0 aliphatic carbocycles. The van der Waals surface area contributed by atoms with Crippen LogP contribution in [0.1, 0.15) is 6.42 Å². The number of nitrogens with zero attached hydrogens (tertiary/aromatic N) is 1. The van der Waals surface area contributed by atoms with Gasteiger partial charge in [-0.15, -0.1) is 0 Å². The summed E-state index contributed by atoms with van der Waals surface area (Å²) in [7, 11) is 0. The minimum Gasteiger partial charge on any atom is -0.439 e. The fourth-order valence-corrected chi connectivity index (χ4v) is 1.26. The minimum absolute atomic E-state index is 0.416. The van der Waals surface area contributed by atoms with Crippen LogP contribution in [0.25, 0.3) is 0 Å². The Morgan fingerprint density at radius 2 is 2.36 bits per heavy atom. The summed E-state index contributed by atoms with van der Waals surface area (Å²) >= 11 is 0. The SMILES string of the molecule is C=CC(=O)OC(C=C)N1CCCOC1. The van der Waals surface area contributed by atoms with Crippen molar-refractivity contribution >= 4 is 5.97 Å². The van der Waals surface area contributed by atoms with Gasteiger partial charge in [-0.3, -0.25) is 0 Å². The number of carbonyl (C=O) groups excluding carboxylic acids is 1. The maximum absolute atomic E-state index is 11.0. The molecule has 1 heterocycles. The molecule has 4 heteroatoms. The molecular weight excluding hydrogens is 182 g/mol. The smallest absolute Gasteiger partial charge is 0.331 e. The molecule has 0 amide bonds. The molecular formula is C10H15NO3. The molecule has 1 fully saturated rings. The van der Waals surface area contributed by atoms with E-state index in [2.05, 4.69) is 13.2 Å². The summed E-state index contributed by atoms with van der Waals surface area (Å²) in [4.78, 5) is 12.9. The van der Waals surface area contributed by atoms with E-state index in [1.807, 2.05) is 4.90 Å². The summed E-state index contributed by atoms with van der Waals surface area (Å²) in [6.07, 6.45) is 3.24. The third-order valence-corrected chi connectivity index (χ3v) is 1.96. The van der Waals surface area contributed by atoms with E-state index in [1.165, 1.54) is 0 Å². The normalized spacial score (nSPS) is 19.7. The molecule has 0 bridgehead atoms. The molecule has 78 valence electrons. The van der Waals surface area contributed by atoms with Crippen LogP contribution in [-0.4, -0.2) is 37.0 Å². The first-order chi connectivity index (χ1) is 6.77. The van der Waals surface area contributed by atoms with Crippen molar-refractivity contribution in [2.45, 2.75) is 12.6 Å². The summed E-state index contributed by atoms with van der Waals surface area (Å²) in [5.41, 5.74) is 0. The summed E-state index contributed by atoms with van der Waals surface area (Å²) in [5.74, 6) is -0.444. The topological polar surface area (TPSA) is 38.8 Å². The van der Waals surface area contributed by atoms with Crippen LogP contribution in [0, 0.1) is 0 Å². The van der Waals surface area contributed by atoms with E-state index in [-0.39, 0.29) is 0 Å². The highest BCUT2D eigenvalue weighted by molar-refractivity contribution is 5.81. The molecule has 0 aromatic heterocycles. The molecule has 1 saturated heterocycles. The van der Waals surface area contributed by atoms with E-state index in [4.69, 9.17) is 9.47 Å². The molecule has 1 unspecified atom stereocenters. The molecule has 0 spiro atoms. The number of ether oxygens (including phenoxy) is 2. The van der Waals surface area contributed by atoms with Gasteiger partial charge in [-0.05, 0) is 12.5 Å². The third kappa shape index (κ3) is 2.97. The van der Waals surface area contributed by atoms with E-state index in [0.717, 1.165) is 25.6 Å². The second kappa shape index (κ2) is 5.57. The fraction of sp³-hybridized carbons (Fsp3) is 0.500. The molecule has 0 saturated carbocycles. The van der Waals surface area contributed by atoms with E-state index in [1.54, 1.807) is 6.08 Å². The van der Waals surface area contributed by atoms with Crippen molar-refractivity contribution in [3.8, 4) is 0 Å². The van der Waals surface area contributed by atoms with Gasteiger partial charge in [0.1, 0.15) is 6.73 Å². The Bertz CT molecular complexity index is 221. The third-order valence-electron chi connectivity index (χ3n) is 1.96. The minimum atomic E-state index is -0.444. The largest absolute Gasteiger partial charge is 0.439 e. The van der Waals surface area contributed by atoms with E-state index in [0.29, 0.717) is 6.73 Å². The fourth-order valence-electron chi connectivity index (χ4n) is 1.26. The van der Waals surface area contributed by atoms with Gasteiger partial charge in [-0.25, -0.2) is 9.69 Å². The van der Waals surface area contributed by atoms with Crippen molar-refractivity contribution in [1.82, 2.24) is 4.90 Å². The Morgan fingerprint density at radius 1 is 1.57 bits per heavy atom. The van der Waals surface area contributed by atoms with Gasteiger partial charge < -0.3 is 9.47 Å². The molecule has 1 rings (SSSR count). The summed E-state index contributed by atoms with van der Waals surface area (Å²) < 4.78 is 10.3. The first kappa shape index (κ1) is 10.9. The lowest BCUT2D eigenvalue weighted by Crippen LogP contribution is -2.42. The van der Waals surface area contributed by atoms with Crippen LogP contribution in [0.2, 0.25) is 0 Å². The quantitative estimate of drug-likeness (QED) is 0.381. The molecule has 1 aliphatic rings. The standard InChI is InChI=1S/C10H15NO3/c1-3-9(14-10(12)4-2)11-6-5-7-13-8-11/h3-4,9H,1-2,5-8H2. The molecule has 4 nitrogen and oxygen atoms in total.